The van der Waals surface area contributed by atoms with Crippen molar-refractivity contribution in [1.29, 1.82) is 0 Å². The molecule has 7 rings (SSSR count). The summed E-state index contributed by atoms with van der Waals surface area (Å²) in [4.78, 5) is 36.7. The maximum Gasteiger partial charge on any atom is 0.255 e. The van der Waals surface area contributed by atoms with Crippen molar-refractivity contribution in [3.63, 3.8) is 0 Å². The lowest BCUT2D eigenvalue weighted by molar-refractivity contribution is -0.121. The molecule has 2 amide bonds. The second-order valence-electron chi connectivity index (χ2n) is 11.8. The smallest absolute Gasteiger partial charge is 0.255 e. The molecular weight excluding hydrogens is 531 g/mol. The Hall–Kier alpha value is -4.40. The van der Waals surface area contributed by atoms with E-state index in [4.69, 9.17) is 10.7 Å². The highest BCUT2D eigenvalue weighted by atomic mass is 19.1. The number of carbonyl (C=O) groups excluding carboxylic acids is 2. The molecule has 0 radical (unpaired) electrons. The number of aromatic nitrogens is 2. The lowest BCUT2D eigenvalue weighted by Gasteiger charge is -2.35. The van der Waals surface area contributed by atoms with E-state index in [1.807, 2.05) is 44.8 Å². The molecule has 1 unspecified atom stereocenters. The number of imidazole rings is 1. The van der Waals surface area contributed by atoms with Crippen molar-refractivity contribution in [2.24, 2.45) is 11.7 Å². The molecule has 4 aromatic rings. The Kier molecular flexibility index (Phi) is 6.60. The molecule has 3 aliphatic rings. The number of nitrogens with two attached hydrogens (primary N) is 1. The molecule has 0 bridgehead atoms. The van der Waals surface area contributed by atoms with Gasteiger partial charge in [-0.25, -0.2) is 9.37 Å². The van der Waals surface area contributed by atoms with Gasteiger partial charge in [0.1, 0.15) is 5.82 Å². The average Bonchev–Trinajstić information content (AvgIpc) is 3.78. The fraction of sp³-hybridized carbons (Fsp3) is 0.364. The van der Waals surface area contributed by atoms with E-state index in [9.17, 15) is 9.59 Å². The van der Waals surface area contributed by atoms with E-state index in [1.54, 1.807) is 6.07 Å². The Balaban J connectivity index is 1.23. The predicted octanol–water partition coefficient (Wildman–Crippen LogP) is 4.81. The Morgan fingerprint density at radius 2 is 1.79 bits per heavy atom. The van der Waals surface area contributed by atoms with Crippen LogP contribution in [0.1, 0.15) is 53.7 Å². The van der Waals surface area contributed by atoms with Crippen LogP contribution in [0.3, 0.4) is 0 Å². The van der Waals surface area contributed by atoms with Crippen molar-refractivity contribution in [3.8, 4) is 11.3 Å². The van der Waals surface area contributed by atoms with Crippen molar-refractivity contribution >= 4 is 28.8 Å². The zero-order chi connectivity index (χ0) is 29.0. The largest absolute Gasteiger partial charge is 0.371 e. The van der Waals surface area contributed by atoms with Gasteiger partial charge >= 0.3 is 0 Å². The van der Waals surface area contributed by atoms with Crippen LogP contribution in [0.5, 0.6) is 0 Å². The van der Waals surface area contributed by atoms with Gasteiger partial charge in [-0.2, -0.15) is 0 Å². The summed E-state index contributed by atoms with van der Waals surface area (Å²) < 4.78 is 17.4. The van der Waals surface area contributed by atoms with Crippen molar-refractivity contribution in [3.05, 3.63) is 83.4 Å². The second kappa shape index (κ2) is 10.5. The maximum absolute atomic E-state index is 15.6. The number of pyridine rings is 1. The van der Waals surface area contributed by atoms with E-state index in [0.29, 0.717) is 48.5 Å². The first kappa shape index (κ1) is 26.5. The summed E-state index contributed by atoms with van der Waals surface area (Å²) in [6.45, 7) is 5.71. The highest BCUT2D eigenvalue weighted by molar-refractivity contribution is 5.97. The molecule has 3 aliphatic heterocycles. The van der Waals surface area contributed by atoms with Gasteiger partial charge in [0.2, 0.25) is 5.91 Å². The van der Waals surface area contributed by atoms with Crippen molar-refractivity contribution in [2.45, 2.75) is 38.6 Å². The van der Waals surface area contributed by atoms with Gasteiger partial charge in [-0.05, 0) is 68.0 Å². The Bertz CT molecular complexity index is 1690. The molecule has 42 heavy (non-hydrogen) atoms. The molecule has 8 nitrogen and oxygen atoms in total. The van der Waals surface area contributed by atoms with Crippen LogP contribution in [-0.2, 0) is 11.2 Å². The minimum atomic E-state index is -0.377. The summed E-state index contributed by atoms with van der Waals surface area (Å²) >= 11 is 0. The highest BCUT2D eigenvalue weighted by Crippen LogP contribution is 2.35. The van der Waals surface area contributed by atoms with Crippen molar-refractivity contribution in [1.82, 2.24) is 14.3 Å². The van der Waals surface area contributed by atoms with Gasteiger partial charge in [0.25, 0.3) is 5.91 Å². The van der Waals surface area contributed by atoms with Crippen LogP contribution in [0, 0.1) is 11.7 Å². The summed E-state index contributed by atoms with van der Waals surface area (Å²) in [5, 5.41) is 0. The molecule has 216 valence electrons. The quantitative estimate of drug-likeness (QED) is 0.375. The standard InChI is InChI=1S/C33H35FN6O2/c1-21-26-7-3-2-6-22(26)11-15-40(21)33(42)24-16-30(37-12-4-5-13-37)32-36-29(20-39(32)19-24)27-9-8-25(17-28(27)34)38-14-10-23(18-38)31(35)41/h2-3,6-9,16-17,19-21,23H,4-5,10-15,18H2,1H3,(H2,35,41)/t21-,23?/m1/s1. The number of carbonyl (C=O) groups is 2. The third kappa shape index (κ3) is 4.57. The number of primary amides is 1. The molecule has 2 aromatic heterocycles. The van der Waals surface area contributed by atoms with Gasteiger partial charge in [-0.3, -0.25) is 9.59 Å². The summed E-state index contributed by atoms with van der Waals surface area (Å²) in [5.74, 6) is -0.913. The monoisotopic (exact) mass is 566 g/mol. The number of amides is 2. The van der Waals surface area contributed by atoms with Crippen molar-refractivity contribution in [2.75, 3.05) is 42.5 Å². The molecule has 5 heterocycles. The number of fused-ring (bicyclic) bond motifs is 2. The zero-order valence-electron chi connectivity index (χ0n) is 23.8. The molecule has 9 heteroatoms. The minimum Gasteiger partial charge on any atom is -0.371 e. The van der Waals surface area contributed by atoms with Crippen LogP contribution < -0.4 is 15.5 Å². The van der Waals surface area contributed by atoms with Gasteiger partial charge in [0, 0.05) is 56.4 Å². The first-order chi connectivity index (χ1) is 20.4. The van der Waals surface area contributed by atoms with Crippen molar-refractivity contribution < 1.29 is 14.0 Å². The third-order valence-electron chi connectivity index (χ3n) is 9.27. The Morgan fingerprint density at radius 3 is 2.55 bits per heavy atom. The highest BCUT2D eigenvalue weighted by Gasteiger charge is 2.30. The minimum absolute atomic E-state index is 0.00925. The lowest BCUT2D eigenvalue weighted by Crippen LogP contribution is -2.39. The molecule has 2 aromatic carbocycles. The van der Waals surface area contributed by atoms with E-state index in [-0.39, 0.29) is 29.6 Å². The van der Waals surface area contributed by atoms with Gasteiger partial charge in [-0.1, -0.05) is 24.3 Å². The first-order valence-corrected chi connectivity index (χ1v) is 14.9. The van der Waals surface area contributed by atoms with Crippen LogP contribution in [0.15, 0.2) is 60.9 Å². The van der Waals surface area contributed by atoms with E-state index in [2.05, 4.69) is 30.0 Å². The van der Waals surface area contributed by atoms with Gasteiger partial charge in [-0.15, -0.1) is 0 Å². The number of rotatable bonds is 5. The molecule has 0 aliphatic carbocycles. The molecule has 0 saturated carbocycles. The predicted molar refractivity (Wildman–Crippen MR) is 161 cm³/mol. The second-order valence-corrected chi connectivity index (χ2v) is 11.8. The van der Waals surface area contributed by atoms with Crippen LogP contribution >= 0.6 is 0 Å². The topological polar surface area (TPSA) is 87.2 Å². The third-order valence-corrected chi connectivity index (χ3v) is 9.27. The van der Waals surface area contributed by atoms with Gasteiger partial charge < -0.3 is 24.8 Å². The molecule has 2 atom stereocenters. The number of benzene rings is 2. The van der Waals surface area contributed by atoms with E-state index in [0.717, 1.165) is 43.7 Å². The normalized spacial score (nSPS) is 20.4. The SMILES string of the molecule is C[C@@H]1c2ccccc2CCN1C(=O)c1cc(N2CCCC2)c2nc(-c3ccc(N4CCC(C(N)=O)C4)cc3F)cn2c1. The average molecular weight is 567 g/mol. The summed E-state index contributed by atoms with van der Waals surface area (Å²) in [6.07, 6.45) is 7.33. The Labute approximate surface area is 244 Å². The molecular formula is C33H35FN6O2. The van der Waals surface area contributed by atoms with Gasteiger partial charge in [0.15, 0.2) is 5.65 Å². The summed E-state index contributed by atoms with van der Waals surface area (Å²) in [7, 11) is 0. The number of hydrogen-bond acceptors (Lipinski definition) is 5. The maximum atomic E-state index is 15.6. The van der Waals surface area contributed by atoms with Crippen LogP contribution in [-0.4, -0.2) is 58.8 Å². The van der Waals surface area contributed by atoms with Crippen LogP contribution in [0.25, 0.3) is 16.9 Å². The van der Waals surface area contributed by atoms with Gasteiger partial charge in [0.05, 0.1) is 28.9 Å². The number of hydrogen-bond donors (Lipinski definition) is 1. The summed E-state index contributed by atoms with van der Waals surface area (Å²) in [6, 6.07) is 15.4. The number of nitrogens with zero attached hydrogens (tertiary/aromatic N) is 5. The summed E-state index contributed by atoms with van der Waals surface area (Å²) in [5.41, 5.74) is 11.8. The zero-order valence-corrected chi connectivity index (χ0v) is 23.8. The molecule has 2 saturated heterocycles. The van der Waals surface area contributed by atoms with Crippen LogP contribution in [0.4, 0.5) is 15.8 Å². The molecule has 0 spiro atoms. The van der Waals surface area contributed by atoms with Crippen LogP contribution in [0.2, 0.25) is 0 Å². The molecule has 2 fully saturated rings. The fourth-order valence-electron chi connectivity index (χ4n) is 6.87. The molecule has 2 N–H and O–H groups in total. The van der Waals surface area contributed by atoms with E-state index >= 15 is 4.39 Å². The van der Waals surface area contributed by atoms with E-state index < -0.39 is 0 Å². The Morgan fingerprint density at radius 1 is 0.976 bits per heavy atom. The number of halogens is 1. The number of anilines is 2. The first-order valence-electron chi connectivity index (χ1n) is 14.9. The lowest BCUT2D eigenvalue weighted by atomic mass is 9.93. The fourth-order valence-corrected chi connectivity index (χ4v) is 6.87. The van der Waals surface area contributed by atoms with E-state index in [1.165, 1.54) is 17.2 Å².